The van der Waals surface area contributed by atoms with Gasteiger partial charge in [0.15, 0.2) is 7.98 Å². The minimum absolute atomic E-state index is 0.259. The minimum atomic E-state index is -0.650. The first-order valence-electron chi connectivity index (χ1n) is 5.27. The monoisotopic (exact) mass is 221 g/mol. The van der Waals surface area contributed by atoms with Crippen molar-refractivity contribution in [2.75, 3.05) is 6.54 Å². The molecule has 1 aromatic carbocycles. The molecule has 0 aromatic heterocycles. The Hall–Kier alpha value is -1.07. The minimum Gasteiger partial charge on any atom is -0.487 e. The van der Waals surface area contributed by atoms with Crippen LogP contribution >= 0.6 is 0 Å². The van der Waals surface area contributed by atoms with E-state index in [0.29, 0.717) is 18.6 Å². The molecule has 2 radical (unpaired) electrons. The fourth-order valence-corrected chi connectivity index (χ4v) is 1.90. The number of hydrogen-bond acceptors (Lipinski definition) is 3. The maximum Gasteiger partial charge on any atom is 0.177 e. The van der Waals surface area contributed by atoms with Gasteiger partial charge in [0.05, 0.1) is 0 Å². The van der Waals surface area contributed by atoms with E-state index in [4.69, 9.17) is 12.7 Å². The molecule has 1 aliphatic rings. The van der Waals surface area contributed by atoms with E-state index >= 15 is 0 Å². The molecule has 0 fully saturated rings. The average Bonchev–Trinajstić information content (AvgIpc) is 2.28. The van der Waals surface area contributed by atoms with Crippen LogP contribution in [0.15, 0.2) is 18.2 Å². The number of nitrogens with one attached hydrogen (secondary N) is 1. The Labute approximate surface area is 95.0 Å². The summed E-state index contributed by atoms with van der Waals surface area (Å²) in [4.78, 5) is 0. The van der Waals surface area contributed by atoms with Gasteiger partial charge in [-0.15, -0.1) is 0 Å². The summed E-state index contributed by atoms with van der Waals surface area (Å²) >= 11 is 0. The maximum absolute atomic E-state index is 12.9. The van der Waals surface area contributed by atoms with E-state index in [1.54, 1.807) is 6.07 Å². The lowest BCUT2D eigenvalue weighted by molar-refractivity contribution is 0.0275. The maximum atomic E-state index is 12.9. The van der Waals surface area contributed by atoms with Crippen LogP contribution in [-0.2, 0) is 6.42 Å². The van der Waals surface area contributed by atoms with Crippen molar-refractivity contribution >= 4 is 7.98 Å². The molecular weight excluding hydrogens is 208 g/mol. The number of aliphatic hydroxyl groups is 1. The highest BCUT2D eigenvalue weighted by Crippen LogP contribution is 2.29. The molecule has 0 aliphatic carbocycles. The predicted octanol–water partition coefficient (Wildman–Crippen LogP) is 0.553. The van der Waals surface area contributed by atoms with Gasteiger partial charge >= 0.3 is 0 Å². The Balaban J connectivity index is 2.09. The molecular formula is C11H13BFNO2. The summed E-state index contributed by atoms with van der Waals surface area (Å²) in [6.07, 6.45) is 0.441. The Morgan fingerprint density at radius 2 is 2.44 bits per heavy atom. The molecule has 0 bridgehead atoms. The van der Waals surface area contributed by atoms with Gasteiger partial charge in [0.1, 0.15) is 23.8 Å². The zero-order chi connectivity index (χ0) is 11.5. The summed E-state index contributed by atoms with van der Waals surface area (Å²) < 4.78 is 18.5. The lowest BCUT2D eigenvalue weighted by Crippen LogP contribution is -2.41. The van der Waals surface area contributed by atoms with Crippen LogP contribution in [0.2, 0.25) is 0 Å². The number of benzene rings is 1. The molecule has 84 valence electrons. The van der Waals surface area contributed by atoms with Gasteiger partial charge in [-0.05, 0) is 36.6 Å². The van der Waals surface area contributed by atoms with Crippen LogP contribution in [0.25, 0.3) is 0 Å². The number of halogens is 1. The summed E-state index contributed by atoms with van der Waals surface area (Å²) in [5.41, 5.74) is 0.851. The van der Waals surface area contributed by atoms with Crippen LogP contribution in [0.1, 0.15) is 12.0 Å². The van der Waals surface area contributed by atoms with Crippen molar-refractivity contribution in [3.05, 3.63) is 29.6 Å². The van der Waals surface area contributed by atoms with Crippen molar-refractivity contribution in [3.8, 4) is 5.75 Å². The Morgan fingerprint density at radius 1 is 1.62 bits per heavy atom. The molecule has 1 aromatic rings. The molecule has 3 nitrogen and oxygen atoms in total. The molecule has 0 saturated carbocycles. The second-order valence-corrected chi connectivity index (χ2v) is 3.92. The largest absolute Gasteiger partial charge is 0.487 e. The first kappa shape index (κ1) is 11.4. The highest BCUT2D eigenvalue weighted by Gasteiger charge is 2.25. The lowest BCUT2D eigenvalue weighted by Gasteiger charge is -2.29. The van der Waals surface area contributed by atoms with Gasteiger partial charge in [-0.1, -0.05) is 0 Å². The van der Waals surface area contributed by atoms with Gasteiger partial charge in [0.25, 0.3) is 0 Å². The summed E-state index contributed by atoms with van der Waals surface area (Å²) in [5, 5.41) is 12.1. The number of fused-ring (bicyclic) bond motifs is 1. The van der Waals surface area contributed by atoms with Gasteiger partial charge in [-0.3, -0.25) is 0 Å². The molecule has 16 heavy (non-hydrogen) atoms. The van der Waals surface area contributed by atoms with Crippen LogP contribution in [0.4, 0.5) is 4.39 Å². The molecule has 5 heteroatoms. The smallest absolute Gasteiger partial charge is 0.177 e. The van der Waals surface area contributed by atoms with Gasteiger partial charge < -0.3 is 15.1 Å². The first-order valence-corrected chi connectivity index (χ1v) is 5.27. The quantitative estimate of drug-likeness (QED) is 0.732. The van der Waals surface area contributed by atoms with E-state index < -0.39 is 6.10 Å². The molecule has 1 aliphatic heterocycles. The van der Waals surface area contributed by atoms with Crippen LogP contribution < -0.4 is 9.96 Å². The van der Waals surface area contributed by atoms with Gasteiger partial charge in [0, 0.05) is 6.54 Å². The van der Waals surface area contributed by atoms with E-state index in [2.05, 4.69) is 5.23 Å². The van der Waals surface area contributed by atoms with Gasteiger partial charge in [0.2, 0.25) is 0 Å². The SMILES string of the molecule is [B]NC[C@@H](O)[C@@H]1CCc2cc(F)ccc2O1. The van der Waals surface area contributed by atoms with E-state index in [1.165, 1.54) is 12.1 Å². The molecule has 2 rings (SSSR count). The molecule has 0 amide bonds. The Morgan fingerprint density at radius 3 is 3.19 bits per heavy atom. The molecule has 0 saturated heterocycles. The Bertz CT molecular complexity index is 375. The predicted molar refractivity (Wildman–Crippen MR) is 58.9 cm³/mol. The summed E-state index contributed by atoms with van der Waals surface area (Å²) in [7, 11) is 5.14. The van der Waals surface area contributed by atoms with Gasteiger partial charge in [-0.2, -0.15) is 0 Å². The van der Waals surface area contributed by atoms with Crippen molar-refractivity contribution in [2.45, 2.75) is 25.0 Å². The van der Waals surface area contributed by atoms with E-state index in [1.807, 2.05) is 0 Å². The van der Waals surface area contributed by atoms with Crippen LogP contribution in [0, 0.1) is 5.82 Å². The topological polar surface area (TPSA) is 41.5 Å². The molecule has 0 unspecified atom stereocenters. The summed E-state index contributed by atoms with van der Waals surface area (Å²) in [6, 6.07) is 4.42. The lowest BCUT2D eigenvalue weighted by atomic mass is 9.99. The van der Waals surface area contributed by atoms with E-state index in [9.17, 15) is 9.50 Å². The highest BCUT2D eigenvalue weighted by molar-refractivity contribution is 6.04. The second kappa shape index (κ2) is 4.85. The van der Waals surface area contributed by atoms with Crippen molar-refractivity contribution in [2.24, 2.45) is 0 Å². The molecule has 0 spiro atoms. The first-order chi connectivity index (χ1) is 7.70. The third kappa shape index (κ3) is 2.36. The fourth-order valence-electron chi connectivity index (χ4n) is 1.90. The Kier molecular flexibility index (Phi) is 3.46. The van der Waals surface area contributed by atoms with Crippen molar-refractivity contribution in [3.63, 3.8) is 0 Å². The molecule has 2 atom stereocenters. The molecule has 1 heterocycles. The normalized spacial score (nSPS) is 21.0. The van der Waals surface area contributed by atoms with Crippen LogP contribution in [0.5, 0.6) is 5.75 Å². The summed E-state index contributed by atoms with van der Waals surface area (Å²) in [6.45, 7) is 0.279. The fraction of sp³-hybridized carbons (Fsp3) is 0.455. The van der Waals surface area contributed by atoms with E-state index in [0.717, 1.165) is 5.56 Å². The van der Waals surface area contributed by atoms with Gasteiger partial charge in [-0.25, -0.2) is 4.39 Å². The van der Waals surface area contributed by atoms with Crippen LogP contribution in [0.3, 0.4) is 0 Å². The highest BCUT2D eigenvalue weighted by atomic mass is 19.1. The standard InChI is InChI=1S/C11H13BFNO2/c12-14-6-9(15)11-3-1-7-5-8(13)2-4-10(7)16-11/h2,4-5,9,11,14-15H,1,3,6H2/t9-,11+/m1/s1. The zero-order valence-electron chi connectivity index (χ0n) is 8.82. The summed E-state index contributed by atoms with van der Waals surface area (Å²) in [5.74, 6) is 0.388. The van der Waals surface area contributed by atoms with Crippen molar-refractivity contribution < 1.29 is 14.2 Å². The molecule has 2 N–H and O–H groups in total. The second-order valence-electron chi connectivity index (χ2n) is 3.92. The third-order valence-electron chi connectivity index (χ3n) is 2.76. The number of aryl methyl sites for hydroxylation is 1. The van der Waals surface area contributed by atoms with E-state index in [-0.39, 0.29) is 18.5 Å². The number of rotatable bonds is 3. The van der Waals surface area contributed by atoms with Crippen molar-refractivity contribution in [1.29, 1.82) is 0 Å². The number of ether oxygens (including phenoxy) is 1. The number of aliphatic hydroxyl groups excluding tert-OH is 1. The zero-order valence-corrected chi connectivity index (χ0v) is 8.82. The number of hydrogen-bond donors (Lipinski definition) is 2. The third-order valence-corrected chi connectivity index (χ3v) is 2.76. The van der Waals surface area contributed by atoms with Crippen LogP contribution in [-0.4, -0.2) is 31.8 Å². The van der Waals surface area contributed by atoms with Crippen molar-refractivity contribution in [1.82, 2.24) is 5.23 Å². The average molecular weight is 221 g/mol.